The maximum atomic E-state index is 13.1. The van der Waals surface area contributed by atoms with Gasteiger partial charge in [-0.2, -0.15) is 17.5 Å². The third-order valence-electron chi connectivity index (χ3n) is 6.21. The number of halogens is 3. The van der Waals surface area contributed by atoms with Gasteiger partial charge in [0.15, 0.2) is 0 Å². The zero-order valence-electron chi connectivity index (χ0n) is 21.2. The van der Waals surface area contributed by atoms with Gasteiger partial charge in [-0.15, -0.1) is 0 Å². The average molecular weight is 558 g/mol. The SMILES string of the molecule is COc1ccc(OC)c(CC(NC(C)=O)C(=O)NC2CCN(S(=O)(=O)c3cccc(C(F)(F)F)c3)CC2)c1. The molecule has 208 valence electrons. The highest BCUT2D eigenvalue weighted by Gasteiger charge is 2.35. The summed E-state index contributed by atoms with van der Waals surface area (Å²) in [4.78, 5) is 24.5. The fourth-order valence-corrected chi connectivity index (χ4v) is 5.76. The van der Waals surface area contributed by atoms with Gasteiger partial charge in [0.05, 0.1) is 24.7 Å². The molecule has 2 amide bonds. The first-order valence-electron chi connectivity index (χ1n) is 11.8. The van der Waals surface area contributed by atoms with E-state index < -0.39 is 44.5 Å². The molecule has 0 bridgehead atoms. The molecule has 0 saturated carbocycles. The van der Waals surface area contributed by atoms with E-state index >= 15 is 0 Å². The van der Waals surface area contributed by atoms with E-state index in [0.29, 0.717) is 23.1 Å². The Balaban J connectivity index is 1.67. The molecular formula is C25H30F3N3O6S. The van der Waals surface area contributed by atoms with Crippen molar-refractivity contribution in [1.82, 2.24) is 14.9 Å². The van der Waals surface area contributed by atoms with E-state index in [2.05, 4.69) is 10.6 Å². The van der Waals surface area contributed by atoms with Crippen molar-refractivity contribution in [3.63, 3.8) is 0 Å². The van der Waals surface area contributed by atoms with Crippen molar-refractivity contribution in [2.75, 3.05) is 27.3 Å². The van der Waals surface area contributed by atoms with Crippen LogP contribution in [0.15, 0.2) is 47.4 Å². The fourth-order valence-electron chi connectivity index (χ4n) is 4.24. The lowest BCUT2D eigenvalue weighted by molar-refractivity contribution is -0.137. The summed E-state index contributed by atoms with van der Waals surface area (Å²) in [6.45, 7) is 1.32. The second-order valence-corrected chi connectivity index (χ2v) is 10.8. The second kappa shape index (κ2) is 12.0. The number of alkyl halides is 3. The van der Waals surface area contributed by atoms with Crippen LogP contribution in [-0.4, -0.2) is 63.9 Å². The molecule has 2 N–H and O–H groups in total. The van der Waals surface area contributed by atoms with Gasteiger partial charge in [0.2, 0.25) is 21.8 Å². The smallest absolute Gasteiger partial charge is 0.416 e. The van der Waals surface area contributed by atoms with Gasteiger partial charge in [0.1, 0.15) is 17.5 Å². The van der Waals surface area contributed by atoms with Crippen LogP contribution in [0.5, 0.6) is 11.5 Å². The minimum Gasteiger partial charge on any atom is -0.497 e. The number of methoxy groups -OCH3 is 2. The van der Waals surface area contributed by atoms with Gasteiger partial charge in [0, 0.05) is 38.0 Å². The van der Waals surface area contributed by atoms with Crippen molar-refractivity contribution < 1.29 is 40.7 Å². The number of nitrogens with one attached hydrogen (secondary N) is 2. The van der Waals surface area contributed by atoms with Crippen molar-refractivity contribution in [2.24, 2.45) is 0 Å². The van der Waals surface area contributed by atoms with Gasteiger partial charge >= 0.3 is 6.18 Å². The molecule has 38 heavy (non-hydrogen) atoms. The Morgan fingerprint density at radius 3 is 2.34 bits per heavy atom. The molecule has 0 spiro atoms. The van der Waals surface area contributed by atoms with E-state index in [0.717, 1.165) is 22.5 Å². The number of hydrogen-bond acceptors (Lipinski definition) is 6. The Labute approximate surface area is 219 Å². The van der Waals surface area contributed by atoms with Crippen molar-refractivity contribution in [3.05, 3.63) is 53.6 Å². The first-order chi connectivity index (χ1) is 17.8. The summed E-state index contributed by atoms with van der Waals surface area (Å²) in [5.41, 5.74) is -0.403. The highest BCUT2D eigenvalue weighted by atomic mass is 32.2. The molecule has 2 aromatic rings. The topological polar surface area (TPSA) is 114 Å². The Bertz CT molecular complexity index is 1260. The van der Waals surface area contributed by atoms with E-state index in [-0.39, 0.29) is 38.4 Å². The molecule has 1 aliphatic heterocycles. The number of amides is 2. The van der Waals surface area contributed by atoms with Crippen LogP contribution in [0.4, 0.5) is 13.2 Å². The largest absolute Gasteiger partial charge is 0.497 e. The molecule has 3 rings (SSSR count). The Kier molecular flexibility index (Phi) is 9.26. The number of rotatable bonds is 9. The summed E-state index contributed by atoms with van der Waals surface area (Å²) in [5.74, 6) is 0.206. The molecule has 1 atom stereocenters. The van der Waals surface area contributed by atoms with Gasteiger partial charge in [0.25, 0.3) is 0 Å². The first kappa shape index (κ1) is 29.2. The lowest BCUT2D eigenvalue weighted by Crippen LogP contribution is -2.53. The molecule has 1 unspecified atom stereocenters. The predicted molar refractivity (Wildman–Crippen MR) is 132 cm³/mol. The first-order valence-corrected chi connectivity index (χ1v) is 13.2. The maximum Gasteiger partial charge on any atom is 0.416 e. The lowest BCUT2D eigenvalue weighted by atomic mass is 10.0. The van der Waals surface area contributed by atoms with Crippen LogP contribution >= 0.6 is 0 Å². The normalized spacial score (nSPS) is 15.9. The van der Waals surface area contributed by atoms with Crippen LogP contribution in [0.3, 0.4) is 0 Å². The number of carbonyl (C=O) groups excluding carboxylic acids is 2. The second-order valence-electron chi connectivity index (χ2n) is 8.85. The van der Waals surface area contributed by atoms with Gasteiger partial charge in [-0.1, -0.05) is 6.07 Å². The number of nitrogens with zero attached hydrogens (tertiary/aromatic N) is 1. The third kappa shape index (κ3) is 7.16. The molecular weight excluding hydrogens is 527 g/mol. The van der Waals surface area contributed by atoms with Crippen molar-refractivity contribution in [2.45, 2.75) is 49.3 Å². The predicted octanol–water partition coefficient (Wildman–Crippen LogP) is 2.74. The van der Waals surface area contributed by atoms with Crippen LogP contribution in [0.2, 0.25) is 0 Å². The number of sulfonamides is 1. The van der Waals surface area contributed by atoms with Crippen molar-refractivity contribution in [1.29, 1.82) is 0 Å². The van der Waals surface area contributed by atoms with Gasteiger partial charge in [-0.05, 0) is 49.2 Å². The maximum absolute atomic E-state index is 13.1. The number of hydrogen-bond donors (Lipinski definition) is 2. The molecule has 1 heterocycles. The van der Waals surface area contributed by atoms with Crippen LogP contribution in [0.1, 0.15) is 30.9 Å². The molecule has 0 radical (unpaired) electrons. The minimum absolute atomic E-state index is 0.0119. The van der Waals surface area contributed by atoms with Crippen LogP contribution in [-0.2, 0) is 32.2 Å². The van der Waals surface area contributed by atoms with E-state index in [1.165, 1.54) is 21.1 Å². The molecule has 1 aliphatic rings. The average Bonchev–Trinajstić information content (AvgIpc) is 2.87. The van der Waals surface area contributed by atoms with E-state index in [4.69, 9.17) is 9.47 Å². The molecule has 13 heteroatoms. The van der Waals surface area contributed by atoms with E-state index in [1.54, 1.807) is 18.2 Å². The molecule has 2 aromatic carbocycles. The van der Waals surface area contributed by atoms with E-state index in [9.17, 15) is 31.2 Å². The highest BCUT2D eigenvalue weighted by molar-refractivity contribution is 7.89. The molecule has 1 fully saturated rings. The summed E-state index contributed by atoms with van der Waals surface area (Å²) in [6.07, 6.45) is -4.05. The summed E-state index contributed by atoms with van der Waals surface area (Å²) in [6, 6.07) is 7.40. The summed E-state index contributed by atoms with van der Waals surface area (Å²) >= 11 is 0. The molecule has 0 aliphatic carbocycles. The number of benzene rings is 2. The van der Waals surface area contributed by atoms with Crippen LogP contribution in [0, 0.1) is 0 Å². The quantitative estimate of drug-likeness (QED) is 0.490. The van der Waals surface area contributed by atoms with Crippen LogP contribution < -0.4 is 20.1 Å². The Morgan fingerprint density at radius 2 is 1.76 bits per heavy atom. The standard InChI is InChI=1S/C25H30F3N3O6S/c1-16(32)29-22(14-17-13-20(36-2)7-8-23(17)37-3)24(33)30-19-9-11-31(12-10-19)38(34,35)21-6-4-5-18(15-21)25(26,27)28/h4-8,13,15,19,22H,9-12,14H2,1-3H3,(H,29,32)(H,30,33). The third-order valence-corrected chi connectivity index (χ3v) is 8.10. The monoisotopic (exact) mass is 557 g/mol. The summed E-state index contributed by atoms with van der Waals surface area (Å²) in [5, 5.41) is 5.49. The number of carbonyl (C=O) groups is 2. The molecule has 1 saturated heterocycles. The number of ether oxygens (including phenoxy) is 2. The van der Waals surface area contributed by atoms with Gasteiger partial charge in [-0.25, -0.2) is 8.42 Å². The number of piperidine rings is 1. The van der Waals surface area contributed by atoms with Gasteiger partial charge < -0.3 is 20.1 Å². The Hall–Kier alpha value is -3.32. The van der Waals surface area contributed by atoms with Crippen molar-refractivity contribution in [3.8, 4) is 11.5 Å². The fraction of sp³-hybridized carbons (Fsp3) is 0.440. The van der Waals surface area contributed by atoms with E-state index in [1.807, 2.05) is 0 Å². The minimum atomic E-state index is -4.66. The zero-order chi connectivity index (χ0) is 28.1. The van der Waals surface area contributed by atoms with Crippen LogP contribution in [0.25, 0.3) is 0 Å². The molecule has 9 nitrogen and oxygen atoms in total. The summed E-state index contributed by atoms with van der Waals surface area (Å²) < 4.78 is 76.7. The highest BCUT2D eigenvalue weighted by Crippen LogP contribution is 2.32. The summed E-state index contributed by atoms with van der Waals surface area (Å²) in [7, 11) is -1.16. The zero-order valence-corrected chi connectivity index (χ0v) is 22.0. The molecule has 0 aromatic heterocycles. The van der Waals surface area contributed by atoms with Gasteiger partial charge in [-0.3, -0.25) is 9.59 Å². The Morgan fingerprint density at radius 1 is 1.08 bits per heavy atom. The lowest BCUT2D eigenvalue weighted by Gasteiger charge is -2.32. The van der Waals surface area contributed by atoms with Crippen molar-refractivity contribution >= 4 is 21.8 Å².